The average molecular weight is 234 g/mol. The molecule has 0 bridgehead atoms. The minimum absolute atomic E-state index is 0.0638. The molecule has 1 heterocycles. The van der Waals surface area contributed by atoms with Crippen LogP contribution in [0.15, 0.2) is 12.4 Å². The molecule has 3 nitrogen and oxygen atoms in total. The van der Waals surface area contributed by atoms with Crippen LogP contribution in [0.1, 0.15) is 19.3 Å². The van der Waals surface area contributed by atoms with Gasteiger partial charge in [0.1, 0.15) is 11.0 Å². The van der Waals surface area contributed by atoms with Crippen LogP contribution in [0.2, 0.25) is 5.15 Å². The third kappa shape index (κ3) is 2.75. The second kappa shape index (κ2) is 3.89. The Labute approximate surface area is 90.9 Å². The highest BCUT2D eigenvalue weighted by molar-refractivity contribution is 6.29. The molecule has 1 unspecified atom stereocenters. The Hall–Kier alpha value is -0.970. The zero-order valence-electron chi connectivity index (χ0n) is 7.88. The molecular weight excluding hydrogens is 224 g/mol. The standard InChI is InChI=1S/C9H10ClF2N3/c10-7-4-14-8(5-13-7)15-6-1-2-9(11,12)3-6/h4-6H,1-3H2,(H,14,15). The second-order valence-corrected chi connectivity index (χ2v) is 4.05. The minimum Gasteiger partial charge on any atom is -0.366 e. The summed E-state index contributed by atoms with van der Waals surface area (Å²) in [5, 5.41) is 3.20. The van der Waals surface area contributed by atoms with Crippen molar-refractivity contribution >= 4 is 17.4 Å². The van der Waals surface area contributed by atoms with Crippen LogP contribution in [0, 0.1) is 0 Å². The zero-order valence-corrected chi connectivity index (χ0v) is 8.64. The number of aromatic nitrogens is 2. The molecule has 0 radical (unpaired) electrons. The number of anilines is 1. The summed E-state index contributed by atoms with van der Waals surface area (Å²) < 4.78 is 25.7. The monoisotopic (exact) mass is 233 g/mol. The summed E-state index contributed by atoms with van der Waals surface area (Å²) in [5.41, 5.74) is 0. The molecule has 1 aromatic rings. The van der Waals surface area contributed by atoms with E-state index in [1.807, 2.05) is 0 Å². The average Bonchev–Trinajstić information content (AvgIpc) is 2.50. The molecule has 0 saturated heterocycles. The third-order valence-corrected chi connectivity index (χ3v) is 2.57. The summed E-state index contributed by atoms with van der Waals surface area (Å²) in [6.07, 6.45) is 3.08. The van der Waals surface area contributed by atoms with Crippen molar-refractivity contribution in [3.8, 4) is 0 Å². The molecule has 82 valence electrons. The van der Waals surface area contributed by atoms with Gasteiger partial charge in [-0.25, -0.2) is 18.7 Å². The summed E-state index contributed by atoms with van der Waals surface area (Å²) in [5.74, 6) is -2.06. The summed E-state index contributed by atoms with van der Waals surface area (Å²) >= 11 is 5.55. The van der Waals surface area contributed by atoms with Gasteiger partial charge in [-0.1, -0.05) is 11.6 Å². The minimum atomic E-state index is -2.54. The van der Waals surface area contributed by atoms with E-state index in [-0.39, 0.29) is 24.0 Å². The first-order chi connectivity index (χ1) is 7.05. The molecule has 6 heteroatoms. The van der Waals surface area contributed by atoms with Crippen molar-refractivity contribution in [3.05, 3.63) is 17.5 Å². The fraction of sp³-hybridized carbons (Fsp3) is 0.556. The predicted molar refractivity (Wildman–Crippen MR) is 53.3 cm³/mol. The lowest BCUT2D eigenvalue weighted by Gasteiger charge is -2.12. The molecule has 0 aromatic carbocycles. The van der Waals surface area contributed by atoms with Crippen molar-refractivity contribution in [1.82, 2.24) is 9.97 Å². The van der Waals surface area contributed by atoms with Crippen molar-refractivity contribution in [2.45, 2.75) is 31.2 Å². The summed E-state index contributed by atoms with van der Waals surface area (Å²) in [7, 11) is 0. The Morgan fingerprint density at radius 3 is 2.73 bits per heavy atom. The van der Waals surface area contributed by atoms with Crippen molar-refractivity contribution in [2.24, 2.45) is 0 Å². The molecule has 1 aromatic heterocycles. The lowest BCUT2D eigenvalue weighted by molar-refractivity contribution is 0.00852. The van der Waals surface area contributed by atoms with Gasteiger partial charge < -0.3 is 5.32 Å². The van der Waals surface area contributed by atoms with Crippen LogP contribution in [0.3, 0.4) is 0 Å². The van der Waals surface area contributed by atoms with Gasteiger partial charge in [-0.05, 0) is 6.42 Å². The molecular formula is C9H10ClF2N3. The van der Waals surface area contributed by atoms with Gasteiger partial charge in [0.25, 0.3) is 0 Å². The van der Waals surface area contributed by atoms with Gasteiger partial charge in [0.2, 0.25) is 5.92 Å². The Bertz CT molecular complexity index is 342. The second-order valence-electron chi connectivity index (χ2n) is 3.66. The molecule has 1 aliphatic carbocycles. The van der Waals surface area contributed by atoms with E-state index >= 15 is 0 Å². The van der Waals surface area contributed by atoms with Crippen molar-refractivity contribution in [1.29, 1.82) is 0 Å². The molecule has 1 aliphatic rings. The van der Waals surface area contributed by atoms with Crippen LogP contribution < -0.4 is 5.32 Å². The van der Waals surface area contributed by atoms with Gasteiger partial charge >= 0.3 is 0 Å². The number of rotatable bonds is 2. The topological polar surface area (TPSA) is 37.8 Å². The maximum absolute atomic E-state index is 12.9. The Morgan fingerprint density at radius 1 is 1.40 bits per heavy atom. The van der Waals surface area contributed by atoms with Crippen molar-refractivity contribution in [3.63, 3.8) is 0 Å². The number of hydrogen-bond acceptors (Lipinski definition) is 3. The van der Waals surface area contributed by atoms with E-state index in [4.69, 9.17) is 11.6 Å². The van der Waals surface area contributed by atoms with E-state index in [9.17, 15) is 8.78 Å². The van der Waals surface area contributed by atoms with E-state index in [0.29, 0.717) is 12.2 Å². The van der Waals surface area contributed by atoms with Gasteiger partial charge in [0, 0.05) is 18.9 Å². The lowest BCUT2D eigenvalue weighted by Crippen LogP contribution is -2.19. The fourth-order valence-corrected chi connectivity index (χ4v) is 1.77. The van der Waals surface area contributed by atoms with Gasteiger partial charge in [-0.3, -0.25) is 0 Å². The first-order valence-corrected chi connectivity index (χ1v) is 5.05. The van der Waals surface area contributed by atoms with Gasteiger partial charge in [-0.15, -0.1) is 0 Å². The quantitative estimate of drug-likeness (QED) is 0.854. The number of nitrogens with one attached hydrogen (secondary N) is 1. The lowest BCUT2D eigenvalue weighted by atomic mass is 10.2. The van der Waals surface area contributed by atoms with Crippen LogP contribution in [-0.2, 0) is 0 Å². The van der Waals surface area contributed by atoms with Crippen LogP contribution >= 0.6 is 11.6 Å². The molecule has 1 N–H and O–H groups in total. The summed E-state index contributed by atoms with van der Waals surface area (Å²) in [4.78, 5) is 7.75. The third-order valence-electron chi connectivity index (χ3n) is 2.38. The SMILES string of the molecule is FC1(F)CCC(Nc2cnc(Cl)cn2)C1. The van der Waals surface area contributed by atoms with Gasteiger partial charge in [0.05, 0.1) is 12.4 Å². The molecule has 15 heavy (non-hydrogen) atoms. The fourth-order valence-electron chi connectivity index (χ4n) is 1.67. The number of halogens is 3. The molecule has 0 amide bonds. The number of hydrogen-bond donors (Lipinski definition) is 1. The molecule has 1 fully saturated rings. The maximum Gasteiger partial charge on any atom is 0.250 e. The molecule has 0 spiro atoms. The maximum atomic E-state index is 12.9. The van der Waals surface area contributed by atoms with Crippen molar-refractivity contribution in [2.75, 3.05) is 5.32 Å². The van der Waals surface area contributed by atoms with E-state index in [2.05, 4.69) is 15.3 Å². The molecule has 1 saturated carbocycles. The van der Waals surface area contributed by atoms with E-state index < -0.39 is 5.92 Å². The van der Waals surface area contributed by atoms with E-state index in [1.54, 1.807) is 0 Å². The molecule has 2 rings (SSSR count). The first-order valence-electron chi connectivity index (χ1n) is 4.67. The van der Waals surface area contributed by atoms with E-state index in [1.165, 1.54) is 12.4 Å². The van der Waals surface area contributed by atoms with Gasteiger partial charge in [0.15, 0.2) is 0 Å². The highest BCUT2D eigenvalue weighted by atomic mass is 35.5. The molecule has 0 aliphatic heterocycles. The van der Waals surface area contributed by atoms with Gasteiger partial charge in [-0.2, -0.15) is 0 Å². The van der Waals surface area contributed by atoms with Crippen molar-refractivity contribution < 1.29 is 8.78 Å². The Kier molecular flexibility index (Phi) is 2.73. The first kappa shape index (κ1) is 10.5. The van der Waals surface area contributed by atoms with Crippen LogP contribution in [0.25, 0.3) is 0 Å². The highest BCUT2D eigenvalue weighted by Gasteiger charge is 2.39. The smallest absolute Gasteiger partial charge is 0.250 e. The zero-order chi connectivity index (χ0) is 10.9. The normalized spacial score (nSPS) is 24.1. The Balaban J connectivity index is 1.96. The number of alkyl halides is 2. The van der Waals surface area contributed by atoms with E-state index in [0.717, 1.165) is 0 Å². The highest BCUT2D eigenvalue weighted by Crippen LogP contribution is 2.35. The summed E-state index contributed by atoms with van der Waals surface area (Å²) in [6, 6.07) is -0.226. The predicted octanol–water partition coefficient (Wildman–Crippen LogP) is 2.73. The largest absolute Gasteiger partial charge is 0.366 e. The number of nitrogens with zero attached hydrogens (tertiary/aromatic N) is 2. The summed E-state index contributed by atoms with van der Waals surface area (Å²) in [6.45, 7) is 0. The van der Waals surface area contributed by atoms with Crippen LogP contribution in [0.4, 0.5) is 14.6 Å². The Morgan fingerprint density at radius 2 is 2.20 bits per heavy atom. The molecule has 1 atom stereocenters. The van der Waals surface area contributed by atoms with Crippen LogP contribution in [-0.4, -0.2) is 21.9 Å². The van der Waals surface area contributed by atoms with Crippen LogP contribution in [0.5, 0.6) is 0 Å².